The van der Waals surface area contributed by atoms with Crippen LogP contribution in [-0.2, 0) is 4.79 Å². The molecule has 1 heterocycles. The van der Waals surface area contributed by atoms with Crippen LogP contribution in [0.4, 0.5) is 0 Å². The number of carbonyl (C=O) groups is 1. The standard InChI is InChI=1S/C12H23N3O/c1-12(2)9-13-6-7-15(12)8-11(16)14(3)10-4-5-10/h10,13H,4-9H2,1-3H3. The third kappa shape index (κ3) is 2.55. The van der Waals surface area contributed by atoms with Gasteiger partial charge in [0.05, 0.1) is 6.54 Å². The largest absolute Gasteiger partial charge is 0.342 e. The van der Waals surface area contributed by atoms with Gasteiger partial charge in [0.15, 0.2) is 0 Å². The highest BCUT2D eigenvalue weighted by Crippen LogP contribution is 2.26. The number of nitrogens with zero attached hydrogens (tertiary/aromatic N) is 2. The number of rotatable bonds is 3. The van der Waals surface area contributed by atoms with E-state index >= 15 is 0 Å². The van der Waals surface area contributed by atoms with Gasteiger partial charge in [-0.1, -0.05) is 0 Å². The lowest BCUT2D eigenvalue weighted by Crippen LogP contribution is -2.60. The fourth-order valence-electron chi connectivity index (χ4n) is 2.26. The minimum absolute atomic E-state index is 0.0955. The van der Waals surface area contributed by atoms with Gasteiger partial charge in [-0.25, -0.2) is 0 Å². The number of piperazine rings is 1. The smallest absolute Gasteiger partial charge is 0.236 e. The maximum absolute atomic E-state index is 12.0. The van der Waals surface area contributed by atoms with Gasteiger partial charge in [-0.3, -0.25) is 9.69 Å². The molecule has 2 aliphatic rings. The van der Waals surface area contributed by atoms with Gasteiger partial charge in [0.1, 0.15) is 0 Å². The van der Waals surface area contributed by atoms with Crippen molar-refractivity contribution in [2.45, 2.75) is 38.3 Å². The van der Waals surface area contributed by atoms with E-state index in [9.17, 15) is 4.79 Å². The number of nitrogens with one attached hydrogen (secondary N) is 1. The van der Waals surface area contributed by atoms with Crippen LogP contribution in [0.1, 0.15) is 26.7 Å². The van der Waals surface area contributed by atoms with Crippen LogP contribution in [0.25, 0.3) is 0 Å². The maximum atomic E-state index is 12.0. The topological polar surface area (TPSA) is 35.6 Å². The molecule has 4 heteroatoms. The number of likely N-dealkylation sites (N-methyl/N-ethyl adjacent to an activating group) is 1. The van der Waals surface area contributed by atoms with Crippen molar-refractivity contribution in [1.29, 1.82) is 0 Å². The Hall–Kier alpha value is -0.610. The van der Waals surface area contributed by atoms with E-state index in [2.05, 4.69) is 24.1 Å². The molecule has 2 rings (SSSR count). The first-order valence-corrected chi connectivity index (χ1v) is 6.22. The molecule has 1 aliphatic carbocycles. The lowest BCUT2D eigenvalue weighted by molar-refractivity contribution is -0.133. The van der Waals surface area contributed by atoms with Crippen LogP contribution in [0.5, 0.6) is 0 Å². The summed E-state index contributed by atoms with van der Waals surface area (Å²) in [7, 11) is 1.94. The summed E-state index contributed by atoms with van der Waals surface area (Å²) in [5.41, 5.74) is 0.0955. The van der Waals surface area contributed by atoms with Crippen LogP contribution < -0.4 is 5.32 Å². The Bertz CT molecular complexity index is 273. The molecule has 1 aliphatic heterocycles. The fraction of sp³-hybridized carbons (Fsp3) is 0.917. The van der Waals surface area contributed by atoms with Crippen molar-refractivity contribution < 1.29 is 4.79 Å². The minimum Gasteiger partial charge on any atom is -0.342 e. The molecular weight excluding hydrogens is 202 g/mol. The van der Waals surface area contributed by atoms with Crippen molar-refractivity contribution in [3.8, 4) is 0 Å². The van der Waals surface area contributed by atoms with Gasteiger partial charge in [0.25, 0.3) is 0 Å². The van der Waals surface area contributed by atoms with Gasteiger partial charge < -0.3 is 10.2 Å². The Morgan fingerprint density at radius 3 is 2.75 bits per heavy atom. The molecule has 0 radical (unpaired) electrons. The van der Waals surface area contributed by atoms with Crippen LogP contribution in [0.2, 0.25) is 0 Å². The second-order valence-corrected chi connectivity index (χ2v) is 5.65. The van der Waals surface area contributed by atoms with E-state index in [0.717, 1.165) is 19.6 Å². The first-order chi connectivity index (χ1) is 7.50. The van der Waals surface area contributed by atoms with Crippen molar-refractivity contribution in [3.63, 3.8) is 0 Å². The van der Waals surface area contributed by atoms with Crippen molar-refractivity contribution >= 4 is 5.91 Å². The van der Waals surface area contributed by atoms with Gasteiger partial charge in [0.2, 0.25) is 5.91 Å². The van der Waals surface area contributed by atoms with Gasteiger partial charge in [-0.2, -0.15) is 0 Å². The van der Waals surface area contributed by atoms with Crippen molar-refractivity contribution in [2.75, 3.05) is 33.2 Å². The molecule has 0 aromatic heterocycles. The van der Waals surface area contributed by atoms with E-state index < -0.39 is 0 Å². The minimum atomic E-state index is 0.0955. The molecule has 1 amide bonds. The summed E-state index contributed by atoms with van der Waals surface area (Å²) >= 11 is 0. The molecule has 0 unspecified atom stereocenters. The average molecular weight is 225 g/mol. The summed E-state index contributed by atoms with van der Waals surface area (Å²) in [5, 5.41) is 3.38. The second-order valence-electron chi connectivity index (χ2n) is 5.65. The van der Waals surface area contributed by atoms with E-state index in [1.54, 1.807) is 0 Å². The molecule has 0 atom stereocenters. The van der Waals surface area contributed by atoms with E-state index in [1.807, 2.05) is 11.9 Å². The van der Waals surface area contributed by atoms with Crippen LogP contribution in [0.15, 0.2) is 0 Å². The molecule has 2 fully saturated rings. The first kappa shape index (κ1) is 11.9. The predicted octanol–water partition coefficient (Wildman–Crippen LogP) is 0.291. The first-order valence-electron chi connectivity index (χ1n) is 6.22. The van der Waals surface area contributed by atoms with E-state index in [-0.39, 0.29) is 11.4 Å². The molecule has 1 saturated heterocycles. The third-order valence-corrected chi connectivity index (χ3v) is 3.79. The van der Waals surface area contributed by atoms with E-state index in [4.69, 9.17) is 0 Å². The van der Waals surface area contributed by atoms with E-state index in [1.165, 1.54) is 12.8 Å². The zero-order valence-corrected chi connectivity index (χ0v) is 10.6. The van der Waals surface area contributed by atoms with E-state index in [0.29, 0.717) is 12.6 Å². The Morgan fingerprint density at radius 2 is 2.19 bits per heavy atom. The molecule has 1 N–H and O–H groups in total. The van der Waals surface area contributed by atoms with Crippen molar-refractivity contribution in [2.24, 2.45) is 0 Å². The fourth-order valence-corrected chi connectivity index (χ4v) is 2.26. The Balaban J connectivity index is 1.89. The van der Waals surface area contributed by atoms with Crippen LogP contribution >= 0.6 is 0 Å². The zero-order valence-electron chi connectivity index (χ0n) is 10.6. The molecule has 0 aromatic rings. The van der Waals surface area contributed by atoms with Crippen LogP contribution in [0, 0.1) is 0 Å². The third-order valence-electron chi connectivity index (χ3n) is 3.79. The molecular formula is C12H23N3O. The van der Waals surface area contributed by atoms with Gasteiger partial charge in [-0.05, 0) is 26.7 Å². The summed E-state index contributed by atoms with van der Waals surface area (Å²) in [4.78, 5) is 16.3. The molecule has 4 nitrogen and oxygen atoms in total. The monoisotopic (exact) mass is 225 g/mol. The Kier molecular flexibility index (Phi) is 3.22. The Morgan fingerprint density at radius 1 is 1.50 bits per heavy atom. The highest BCUT2D eigenvalue weighted by atomic mass is 16.2. The lowest BCUT2D eigenvalue weighted by Gasteiger charge is -2.42. The normalized spacial score (nSPS) is 25.4. The molecule has 0 spiro atoms. The summed E-state index contributed by atoms with van der Waals surface area (Å²) in [5.74, 6) is 0.275. The number of hydrogen-bond acceptors (Lipinski definition) is 3. The molecule has 92 valence electrons. The highest BCUT2D eigenvalue weighted by Gasteiger charge is 2.34. The maximum Gasteiger partial charge on any atom is 0.236 e. The van der Waals surface area contributed by atoms with Gasteiger partial charge in [0, 0.05) is 38.3 Å². The lowest BCUT2D eigenvalue weighted by atomic mass is 10.0. The van der Waals surface area contributed by atoms with Crippen LogP contribution in [0.3, 0.4) is 0 Å². The quantitative estimate of drug-likeness (QED) is 0.750. The highest BCUT2D eigenvalue weighted by molar-refractivity contribution is 5.78. The summed E-state index contributed by atoms with van der Waals surface area (Å²) < 4.78 is 0. The number of amides is 1. The molecule has 0 aromatic carbocycles. The van der Waals surface area contributed by atoms with Gasteiger partial charge in [-0.15, -0.1) is 0 Å². The predicted molar refractivity (Wildman–Crippen MR) is 64.3 cm³/mol. The van der Waals surface area contributed by atoms with Crippen molar-refractivity contribution in [3.05, 3.63) is 0 Å². The Labute approximate surface area is 98.0 Å². The molecule has 0 bridgehead atoms. The second kappa shape index (κ2) is 4.34. The van der Waals surface area contributed by atoms with Crippen LogP contribution in [-0.4, -0.2) is 60.5 Å². The summed E-state index contributed by atoms with van der Waals surface area (Å²) in [6.45, 7) is 7.89. The molecule has 1 saturated carbocycles. The zero-order chi connectivity index (χ0) is 11.8. The number of hydrogen-bond donors (Lipinski definition) is 1. The van der Waals surface area contributed by atoms with Gasteiger partial charge >= 0.3 is 0 Å². The molecule has 16 heavy (non-hydrogen) atoms. The SMILES string of the molecule is CN(C(=O)CN1CCNCC1(C)C)C1CC1. The number of carbonyl (C=O) groups excluding carboxylic acids is 1. The van der Waals surface area contributed by atoms with Crippen molar-refractivity contribution in [1.82, 2.24) is 15.1 Å². The average Bonchev–Trinajstić information content (AvgIpc) is 3.03. The summed E-state index contributed by atoms with van der Waals surface area (Å²) in [6, 6.07) is 0.526. The summed E-state index contributed by atoms with van der Waals surface area (Å²) in [6.07, 6.45) is 2.38.